The van der Waals surface area contributed by atoms with Gasteiger partial charge in [0.1, 0.15) is 30.0 Å². The van der Waals surface area contributed by atoms with Gasteiger partial charge in [-0.2, -0.15) is 5.26 Å². The van der Waals surface area contributed by atoms with Crippen LogP contribution in [-0.2, 0) is 20.7 Å². The number of aryl methyl sites for hydroxylation is 2. The number of methoxy groups -OCH3 is 1. The van der Waals surface area contributed by atoms with E-state index in [2.05, 4.69) is 10.6 Å². The van der Waals surface area contributed by atoms with E-state index in [0.29, 0.717) is 17.0 Å². The summed E-state index contributed by atoms with van der Waals surface area (Å²) in [6, 6.07) is 21.4. The fourth-order valence-corrected chi connectivity index (χ4v) is 4.46. The third kappa shape index (κ3) is 8.83. The first-order valence-electron chi connectivity index (χ1n) is 13.6. The van der Waals surface area contributed by atoms with Crippen molar-refractivity contribution >= 4 is 23.6 Å². The molecule has 2 atom stereocenters. The van der Waals surface area contributed by atoms with Crippen LogP contribution in [0.15, 0.2) is 72.8 Å². The molecule has 0 aliphatic heterocycles. The second-order valence-corrected chi connectivity index (χ2v) is 11.0. The SMILES string of the molecule is COc1ccc(NC(=O)C(c2cc(C)ccc2C)N(CC#N)C(=O)C(Cc2ccccc2)NC(=O)OC(C)(C)C)cc1. The number of nitrogens with zero attached hydrogens (tertiary/aromatic N) is 2. The van der Waals surface area contributed by atoms with Gasteiger partial charge < -0.3 is 25.0 Å². The van der Waals surface area contributed by atoms with Gasteiger partial charge >= 0.3 is 6.09 Å². The van der Waals surface area contributed by atoms with Crippen molar-refractivity contribution in [1.82, 2.24) is 10.2 Å². The lowest BCUT2D eigenvalue weighted by Gasteiger charge is -2.33. The van der Waals surface area contributed by atoms with E-state index in [9.17, 15) is 19.6 Å². The van der Waals surface area contributed by atoms with Gasteiger partial charge in [-0.1, -0.05) is 54.1 Å². The van der Waals surface area contributed by atoms with E-state index in [1.165, 1.54) is 4.90 Å². The number of alkyl carbamates (subject to hydrolysis) is 1. The van der Waals surface area contributed by atoms with Crippen LogP contribution in [0, 0.1) is 25.2 Å². The maximum absolute atomic E-state index is 14.3. The molecule has 9 heteroatoms. The van der Waals surface area contributed by atoms with Crippen LogP contribution in [0.25, 0.3) is 0 Å². The van der Waals surface area contributed by atoms with E-state index >= 15 is 0 Å². The molecule has 0 spiro atoms. The van der Waals surface area contributed by atoms with Gasteiger partial charge in [0.15, 0.2) is 0 Å². The summed E-state index contributed by atoms with van der Waals surface area (Å²) in [4.78, 5) is 42.3. The highest BCUT2D eigenvalue weighted by molar-refractivity contribution is 5.99. The average Bonchev–Trinajstić information content (AvgIpc) is 2.94. The maximum atomic E-state index is 14.3. The first-order chi connectivity index (χ1) is 19.9. The molecule has 0 bridgehead atoms. The van der Waals surface area contributed by atoms with Crippen molar-refractivity contribution in [2.75, 3.05) is 19.0 Å². The smallest absolute Gasteiger partial charge is 0.408 e. The van der Waals surface area contributed by atoms with Gasteiger partial charge in [0, 0.05) is 12.1 Å². The summed E-state index contributed by atoms with van der Waals surface area (Å²) >= 11 is 0. The Morgan fingerprint density at radius 1 is 0.976 bits per heavy atom. The maximum Gasteiger partial charge on any atom is 0.408 e. The van der Waals surface area contributed by atoms with Crippen LogP contribution in [0.5, 0.6) is 5.75 Å². The number of rotatable bonds is 10. The molecule has 0 saturated carbocycles. The number of ether oxygens (including phenoxy) is 2. The zero-order valence-electron chi connectivity index (χ0n) is 24.9. The molecule has 3 aromatic carbocycles. The third-order valence-corrected chi connectivity index (χ3v) is 6.44. The number of nitriles is 1. The Kier molecular flexibility index (Phi) is 10.7. The number of carbonyl (C=O) groups excluding carboxylic acids is 3. The normalized spacial score (nSPS) is 12.3. The minimum Gasteiger partial charge on any atom is -0.497 e. The van der Waals surface area contributed by atoms with E-state index in [1.807, 2.05) is 68.4 Å². The molecule has 0 aromatic heterocycles. The van der Waals surface area contributed by atoms with Crippen LogP contribution in [0.2, 0.25) is 0 Å². The molecule has 0 radical (unpaired) electrons. The number of amides is 3. The number of benzene rings is 3. The van der Waals surface area contributed by atoms with Crippen molar-refractivity contribution in [3.05, 3.63) is 95.1 Å². The Bertz CT molecular complexity index is 1430. The van der Waals surface area contributed by atoms with E-state index in [4.69, 9.17) is 9.47 Å². The summed E-state index contributed by atoms with van der Waals surface area (Å²) in [5.74, 6) is -0.479. The first-order valence-corrected chi connectivity index (χ1v) is 13.6. The topological polar surface area (TPSA) is 121 Å². The Morgan fingerprint density at radius 2 is 1.64 bits per heavy atom. The highest BCUT2D eigenvalue weighted by Crippen LogP contribution is 2.28. The fourth-order valence-electron chi connectivity index (χ4n) is 4.46. The van der Waals surface area contributed by atoms with Crippen molar-refractivity contribution in [2.45, 2.75) is 58.7 Å². The van der Waals surface area contributed by atoms with Crippen molar-refractivity contribution in [1.29, 1.82) is 5.26 Å². The highest BCUT2D eigenvalue weighted by atomic mass is 16.6. The Balaban J connectivity index is 2.07. The molecule has 2 unspecified atom stereocenters. The molecular formula is C33H38N4O5. The predicted molar refractivity (Wildman–Crippen MR) is 161 cm³/mol. The first kappa shape index (κ1) is 31.7. The van der Waals surface area contributed by atoms with Crippen LogP contribution < -0.4 is 15.4 Å². The van der Waals surface area contributed by atoms with E-state index in [0.717, 1.165) is 16.7 Å². The van der Waals surface area contributed by atoms with E-state index in [-0.39, 0.29) is 6.42 Å². The lowest BCUT2D eigenvalue weighted by molar-refractivity contribution is -0.140. The molecule has 3 rings (SSSR count). The summed E-state index contributed by atoms with van der Waals surface area (Å²) in [5, 5.41) is 15.4. The molecule has 0 heterocycles. The second-order valence-electron chi connectivity index (χ2n) is 11.0. The van der Waals surface area contributed by atoms with Crippen LogP contribution in [0.4, 0.5) is 10.5 Å². The molecule has 9 nitrogen and oxygen atoms in total. The quantitative estimate of drug-likeness (QED) is 0.312. The standard InChI is InChI=1S/C33H38N4O5/c1-22-12-13-23(2)27(20-22)29(30(38)35-25-14-16-26(41-6)17-15-25)37(19-18-34)31(39)28(21-24-10-8-7-9-11-24)36-32(40)42-33(3,4)5/h7-17,20,28-29H,19,21H2,1-6H3,(H,35,38)(H,36,40). The molecule has 3 amide bonds. The van der Waals surface area contributed by atoms with Gasteiger partial charge in [-0.05, 0) is 75.6 Å². The van der Waals surface area contributed by atoms with Gasteiger partial charge in [0.25, 0.3) is 5.91 Å². The Labute approximate surface area is 247 Å². The number of anilines is 1. The Morgan fingerprint density at radius 3 is 2.24 bits per heavy atom. The third-order valence-electron chi connectivity index (χ3n) is 6.44. The van der Waals surface area contributed by atoms with Gasteiger partial charge in [-0.3, -0.25) is 9.59 Å². The minimum atomic E-state index is -1.17. The van der Waals surface area contributed by atoms with E-state index < -0.39 is 42.1 Å². The fraction of sp³-hybridized carbons (Fsp3) is 0.333. The molecule has 0 aliphatic carbocycles. The van der Waals surface area contributed by atoms with Gasteiger partial charge in [-0.15, -0.1) is 0 Å². The molecule has 42 heavy (non-hydrogen) atoms. The van der Waals surface area contributed by atoms with Crippen LogP contribution >= 0.6 is 0 Å². The van der Waals surface area contributed by atoms with E-state index in [1.54, 1.807) is 52.1 Å². The summed E-state index contributed by atoms with van der Waals surface area (Å²) in [6.45, 7) is 8.51. The lowest BCUT2D eigenvalue weighted by atomic mass is 9.95. The largest absolute Gasteiger partial charge is 0.497 e. The predicted octanol–water partition coefficient (Wildman–Crippen LogP) is 5.48. The molecular weight excluding hydrogens is 532 g/mol. The zero-order valence-corrected chi connectivity index (χ0v) is 24.9. The molecule has 0 aliphatic rings. The molecule has 0 fully saturated rings. The van der Waals surface area contributed by atoms with Crippen LogP contribution in [-0.4, -0.2) is 48.1 Å². The van der Waals surface area contributed by atoms with Gasteiger partial charge in [0.05, 0.1) is 13.2 Å². The Hall–Kier alpha value is -4.84. The average molecular weight is 571 g/mol. The summed E-state index contributed by atoms with van der Waals surface area (Å²) in [5.41, 5.74) is 2.71. The molecule has 0 saturated heterocycles. The lowest BCUT2D eigenvalue weighted by Crippen LogP contribution is -2.53. The zero-order chi connectivity index (χ0) is 30.9. The monoisotopic (exact) mass is 570 g/mol. The summed E-state index contributed by atoms with van der Waals surface area (Å²) in [6.07, 6.45) is -0.653. The van der Waals surface area contributed by atoms with Crippen LogP contribution in [0.3, 0.4) is 0 Å². The minimum absolute atomic E-state index is 0.125. The molecule has 220 valence electrons. The molecule has 2 N–H and O–H groups in total. The second kappa shape index (κ2) is 14.2. The summed E-state index contributed by atoms with van der Waals surface area (Å²) in [7, 11) is 1.55. The van der Waals surface area contributed by atoms with Crippen LogP contribution in [0.1, 0.15) is 49.1 Å². The number of hydrogen-bond acceptors (Lipinski definition) is 6. The van der Waals surface area contributed by atoms with Crippen molar-refractivity contribution in [3.8, 4) is 11.8 Å². The van der Waals surface area contributed by atoms with Crippen molar-refractivity contribution in [3.63, 3.8) is 0 Å². The highest BCUT2D eigenvalue weighted by Gasteiger charge is 2.37. The van der Waals surface area contributed by atoms with Gasteiger partial charge in [0.2, 0.25) is 5.91 Å². The van der Waals surface area contributed by atoms with Crippen molar-refractivity contribution in [2.24, 2.45) is 0 Å². The summed E-state index contributed by atoms with van der Waals surface area (Å²) < 4.78 is 10.7. The number of carbonyl (C=O) groups is 3. The number of hydrogen-bond donors (Lipinski definition) is 2. The number of nitrogens with one attached hydrogen (secondary N) is 2. The molecule has 3 aromatic rings. The van der Waals surface area contributed by atoms with Crippen molar-refractivity contribution < 1.29 is 23.9 Å². The van der Waals surface area contributed by atoms with Gasteiger partial charge in [-0.25, -0.2) is 4.79 Å².